The number of aromatic nitrogens is 1. The lowest BCUT2D eigenvalue weighted by atomic mass is 10.0. The normalized spacial score (nSPS) is 17.7. The molecule has 2 aromatic carbocycles. The highest BCUT2D eigenvalue weighted by atomic mass is 35.5. The first-order chi connectivity index (χ1) is 16.0. The molecule has 0 saturated carbocycles. The second kappa shape index (κ2) is 9.56. The van der Waals surface area contributed by atoms with Crippen LogP contribution in [0.25, 0.3) is 0 Å². The number of hydrogen-bond acceptors (Lipinski definition) is 5. The second-order valence-electron chi connectivity index (χ2n) is 8.31. The van der Waals surface area contributed by atoms with Crippen molar-refractivity contribution in [3.8, 4) is 0 Å². The van der Waals surface area contributed by atoms with E-state index in [1.807, 2.05) is 24.3 Å². The minimum Gasteiger partial charge on any atom is -0.368 e. The average molecular weight is 510 g/mol. The highest BCUT2D eigenvalue weighted by Gasteiger charge is 2.33. The van der Waals surface area contributed by atoms with Crippen LogP contribution in [0.1, 0.15) is 22.9 Å². The Kier molecular flexibility index (Phi) is 6.89. The first-order valence-corrected chi connectivity index (χ1v) is 12.8. The summed E-state index contributed by atoms with van der Waals surface area (Å²) in [5, 5.41) is 0.588. The van der Waals surface area contributed by atoms with E-state index in [0.29, 0.717) is 36.8 Å². The molecular weight excluding hydrogens is 487 g/mol. The second-order valence-corrected chi connectivity index (χ2v) is 10.8. The molecule has 1 fully saturated rings. The highest BCUT2D eigenvalue weighted by Crippen LogP contribution is 2.32. The van der Waals surface area contributed by atoms with Crippen LogP contribution in [0.4, 0.5) is 18.9 Å². The largest absolute Gasteiger partial charge is 0.433 e. The molecule has 34 heavy (non-hydrogen) atoms. The van der Waals surface area contributed by atoms with E-state index in [4.69, 9.17) is 11.6 Å². The van der Waals surface area contributed by atoms with Crippen LogP contribution in [-0.2, 0) is 22.6 Å². The molecule has 0 aliphatic carbocycles. The lowest BCUT2D eigenvalue weighted by molar-refractivity contribution is -0.141. The molecule has 1 aromatic heterocycles. The van der Waals surface area contributed by atoms with Crippen molar-refractivity contribution in [2.24, 2.45) is 0 Å². The molecule has 5 nitrogen and oxygen atoms in total. The van der Waals surface area contributed by atoms with Crippen LogP contribution in [0.15, 0.2) is 71.8 Å². The molecule has 2 heterocycles. The Labute approximate surface area is 201 Å². The van der Waals surface area contributed by atoms with Crippen molar-refractivity contribution in [3.63, 3.8) is 0 Å². The number of anilines is 1. The maximum atomic E-state index is 12.9. The molecule has 1 aliphatic heterocycles. The van der Waals surface area contributed by atoms with Crippen LogP contribution in [0, 0.1) is 0 Å². The van der Waals surface area contributed by atoms with E-state index in [2.05, 4.69) is 14.8 Å². The number of alkyl halides is 3. The van der Waals surface area contributed by atoms with Crippen LogP contribution < -0.4 is 4.90 Å². The zero-order valence-corrected chi connectivity index (χ0v) is 19.9. The van der Waals surface area contributed by atoms with Crippen LogP contribution in [-0.4, -0.2) is 44.2 Å². The molecule has 10 heteroatoms. The lowest BCUT2D eigenvalue weighted by Gasteiger charge is -2.43. The van der Waals surface area contributed by atoms with Gasteiger partial charge in [0.05, 0.1) is 10.9 Å². The summed E-state index contributed by atoms with van der Waals surface area (Å²) in [5.41, 5.74) is 1.52. The van der Waals surface area contributed by atoms with Crippen LogP contribution in [0.3, 0.4) is 0 Å². The van der Waals surface area contributed by atoms with E-state index in [-0.39, 0.29) is 10.9 Å². The minimum absolute atomic E-state index is 0.114. The Balaban J connectivity index is 1.61. The van der Waals surface area contributed by atoms with E-state index in [1.54, 1.807) is 24.3 Å². The third-order valence-corrected chi connectivity index (χ3v) is 7.18. The summed E-state index contributed by atoms with van der Waals surface area (Å²) >= 11 is 6.24. The quantitative estimate of drug-likeness (QED) is 0.472. The standard InChI is InChI=1S/C24H23ClF3N3O2S/c1-34(32,33)21-7-3-6-20(13-21)30-10-11-31(22(16-30)18-4-2-5-19(25)12-18)15-17-8-9-23(29-14-17)24(26,27)28/h2-9,12-14,22H,10-11,15-16H2,1H3. The number of piperazine rings is 1. The predicted molar refractivity (Wildman–Crippen MR) is 126 cm³/mol. The van der Waals surface area contributed by atoms with Gasteiger partial charge in [0, 0.05) is 49.3 Å². The van der Waals surface area contributed by atoms with Crippen LogP contribution >= 0.6 is 11.6 Å². The Morgan fingerprint density at radius 3 is 2.47 bits per heavy atom. The zero-order valence-electron chi connectivity index (χ0n) is 18.3. The summed E-state index contributed by atoms with van der Waals surface area (Å²) in [4.78, 5) is 8.12. The molecule has 3 aromatic rings. The van der Waals surface area contributed by atoms with Crippen LogP contribution in [0.2, 0.25) is 5.02 Å². The van der Waals surface area contributed by atoms with Gasteiger partial charge in [0.25, 0.3) is 0 Å². The van der Waals surface area contributed by atoms with Gasteiger partial charge in [-0.2, -0.15) is 13.2 Å². The Morgan fingerprint density at radius 1 is 1.06 bits per heavy atom. The summed E-state index contributed by atoms with van der Waals surface area (Å²) in [5.74, 6) is 0. The highest BCUT2D eigenvalue weighted by molar-refractivity contribution is 7.90. The molecule has 0 bridgehead atoms. The first kappa shape index (κ1) is 24.5. The molecule has 1 unspecified atom stereocenters. The van der Waals surface area contributed by atoms with Gasteiger partial charge < -0.3 is 4.90 Å². The van der Waals surface area contributed by atoms with Crippen LogP contribution in [0.5, 0.6) is 0 Å². The van der Waals surface area contributed by atoms with Gasteiger partial charge in [-0.15, -0.1) is 0 Å². The predicted octanol–water partition coefficient (Wildman–Crippen LogP) is 5.22. The zero-order chi connectivity index (χ0) is 24.5. The summed E-state index contributed by atoms with van der Waals surface area (Å²) < 4.78 is 62.7. The van der Waals surface area contributed by atoms with Gasteiger partial charge in [0.2, 0.25) is 0 Å². The number of halogens is 4. The third kappa shape index (κ3) is 5.71. The van der Waals surface area contributed by atoms with Gasteiger partial charge in [-0.05, 0) is 47.5 Å². The van der Waals surface area contributed by atoms with Gasteiger partial charge >= 0.3 is 6.18 Å². The number of nitrogens with zero attached hydrogens (tertiary/aromatic N) is 3. The van der Waals surface area contributed by atoms with E-state index < -0.39 is 21.7 Å². The summed E-state index contributed by atoms with van der Waals surface area (Å²) in [6.07, 6.45) is -2.04. The van der Waals surface area contributed by atoms with E-state index in [0.717, 1.165) is 17.3 Å². The van der Waals surface area contributed by atoms with E-state index in [9.17, 15) is 21.6 Å². The molecular formula is C24H23ClF3N3O2S. The van der Waals surface area contributed by atoms with Crippen molar-refractivity contribution < 1.29 is 21.6 Å². The summed E-state index contributed by atoms with van der Waals surface area (Å²) in [6.45, 7) is 2.21. The third-order valence-electron chi connectivity index (χ3n) is 5.84. The Hall–Kier alpha value is -2.62. The maximum absolute atomic E-state index is 12.9. The van der Waals surface area contributed by atoms with Crippen molar-refractivity contribution in [1.29, 1.82) is 0 Å². The van der Waals surface area contributed by atoms with Gasteiger partial charge in [0.1, 0.15) is 5.69 Å². The van der Waals surface area contributed by atoms with Crippen molar-refractivity contribution in [1.82, 2.24) is 9.88 Å². The molecule has 0 N–H and O–H groups in total. The number of rotatable bonds is 5. The maximum Gasteiger partial charge on any atom is 0.433 e. The fraction of sp³-hybridized carbons (Fsp3) is 0.292. The number of hydrogen-bond donors (Lipinski definition) is 0. The summed E-state index contributed by atoms with van der Waals surface area (Å²) in [7, 11) is -3.34. The van der Waals surface area contributed by atoms with Gasteiger partial charge in [-0.25, -0.2) is 8.42 Å². The van der Waals surface area contributed by atoms with Crippen molar-refractivity contribution in [3.05, 3.63) is 88.7 Å². The molecule has 1 atom stereocenters. The first-order valence-electron chi connectivity index (χ1n) is 10.6. The van der Waals surface area contributed by atoms with Gasteiger partial charge in [-0.1, -0.05) is 35.9 Å². The Morgan fingerprint density at radius 2 is 1.82 bits per heavy atom. The average Bonchev–Trinajstić information content (AvgIpc) is 2.79. The molecule has 1 aliphatic rings. The van der Waals surface area contributed by atoms with E-state index in [1.165, 1.54) is 18.5 Å². The van der Waals surface area contributed by atoms with E-state index >= 15 is 0 Å². The minimum atomic E-state index is -4.48. The summed E-state index contributed by atoms with van der Waals surface area (Å²) in [6, 6.07) is 16.6. The Bertz CT molecular complexity index is 1270. The monoisotopic (exact) mass is 509 g/mol. The van der Waals surface area contributed by atoms with Crippen molar-refractivity contribution in [2.45, 2.75) is 23.7 Å². The van der Waals surface area contributed by atoms with Gasteiger partial charge in [-0.3, -0.25) is 9.88 Å². The fourth-order valence-corrected chi connectivity index (χ4v) is 4.96. The fourth-order valence-electron chi connectivity index (χ4n) is 4.11. The molecule has 180 valence electrons. The number of pyridine rings is 1. The lowest BCUT2D eigenvalue weighted by Crippen LogP contribution is -2.48. The topological polar surface area (TPSA) is 53.5 Å². The SMILES string of the molecule is CS(=O)(=O)c1cccc(N2CCN(Cc3ccc(C(F)(F)F)nc3)C(c3cccc(Cl)c3)C2)c1. The van der Waals surface area contributed by atoms with Crippen molar-refractivity contribution in [2.75, 3.05) is 30.8 Å². The van der Waals surface area contributed by atoms with Gasteiger partial charge in [0.15, 0.2) is 9.84 Å². The number of sulfone groups is 1. The number of benzene rings is 2. The smallest absolute Gasteiger partial charge is 0.368 e. The van der Waals surface area contributed by atoms with Crippen molar-refractivity contribution >= 4 is 27.1 Å². The molecule has 1 saturated heterocycles. The molecule has 4 rings (SSSR count). The molecule has 0 spiro atoms. The molecule has 0 radical (unpaired) electrons. The molecule has 0 amide bonds.